The zero-order chi connectivity index (χ0) is 14.7. The number of phenolic OH excluding ortho intramolecular Hbond substituents is 1. The normalized spacial score (nSPS) is 15.0. The van der Waals surface area contributed by atoms with Crippen molar-refractivity contribution in [2.24, 2.45) is 0 Å². The number of phenols is 1. The first-order valence-corrected chi connectivity index (χ1v) is 8.04. The Labute approximate surface area is 131 Å². The minimum Gasteiger partial charge on any atom is -0.508 e. The molecular weight excluding hydrogens is 310 g/mol. The van der Waals surface area contributed by atoms with Gasteiger partial charge in [-0.15, -0.1) is 0 Å². The molecule has 1 fully saturated rings. The molecule has 0 amide bonds. The van der Waals surface area contributed by atoms with Crippen LogP contribution in [0.15, 0.2) is 24.3 Å². The molecule has 8 heteroatoms. The summed E-state index contributed by atoms with van der Waals surface area (Å²) in [6.07, 6.45) is 0. The molecule has 21 heavy (non-hydrogen) atoms. The lowest BCUT2D eigenvalue weighted by molar-refractivity contribution is 0.475. The maximum absolute atomic E-state index is 9.28. The molecule has 3 rings (SSSR count). The number of nitrogens with one attached hydrogen (secondary N) is 1. The number of benzene rings is 1. The van der Waals surface area contributed by atoms with Crippen molar-refractivity contribution in [3.63, 3.8) is 0 Å². The maximum Gasteiger partial charge on any atom is 0.233 e. The van der Waals surface area contributed by atoms with E-state index in [1.807, 2.05) is 11.8 Å². The van der Waals surface area contributed by atoms with Crippen molar-refractivity contribution >= 4 is 40.9 Å². The van der Waals surface area contributed by atoms with E-state index in [0.29, 0.717) is 11.9 Å². The molecule has 0 atom stereocenters. The molecule has 1 aliphatic rings. The third kappa shape index (κ3) is 3.68. The van der Waals surface area contributed by atoms with E-state index in [9.17, 15) is 5.11 Å². The van der Waals surface area contributed by atoms with E-state index in [-0.39, 0.29) is 11.0 Å². The molecule has 0 aliphatic carbocycles. The highest BCUT2D eigenvalue weighted by atomic mass is 35.5. The van der Waals surface area contributed by atoms with Gasteiger partial charge in [-0.05, 0) is 35.9 Å². The van der Waals surface area contributed by atoms with E-state index >= 15 is 0 Å². The van der Waals surface area contributed by atoms with Crippen molar-refractivity contribution in [1.82, 2.24) is 15.0 Å². The van der Waals surface area contributed by atoms with Gasteiger partial charge in [0.1, 0.15) is 5.75 Å². The van der Waals surface area contributed by atoms with Crippen LogP contribution in [0.1, 0.15) is 0 Å². The highest BCUT2D eigenvalue weighted by molar-refractivity contribution is 7.99. The molecule has 0 radical (unpaired) electrons. The van der Waals surface area contributed by atoms with Crippen LogP contribution in [-0.4, -0.2) is 44.7 Å². The summed E-state index contributed by atoms with van der Waals surface area (Å²) < 4.78 is 0. The van der Waals surface area contributed by atoms with Gasteiger partial charge in [-0.25, -0.2) is 0 Å². The number of hydrogen-bond donors (Lipinski definition) is 2. The summed E-state index contributed by atoms with van der Waals surface area (Å²) in [6, 6.07) is 6.66. The van der Waals surface area contributed by atoms with Crippen LogP contribution in [0, 0.1) is 0 Å². The van der Waals surface area contributed by atoms with Gasteiger partial charge in [0.25, 0.3) is 0 Å². The van der Waals surface area contributed by atoms with Gasteiger partial charge in [0.05, 0.1) is 0 Å². The van der Waals surface area contributed by atoms with Gasteiger partial charge in [-0.3, -0.25) is 0 Å². The molecule has 1 aromatic carbocycles. The number of hydrogen-bond acceptors (Lipinski definition) is 7. The summed E-state index contributed by atoms with van der Waals surface area (Å²) >= 11 is 7.91. The van der Waals surface area contributed by atoms with Gasteiger partial charge >= 0.3 is 0 Å². The number of thioether (sulfide) groups is 1. The average Bonchev–Trinajstić information content (AvgIpc) is 2.50. The topological polar surface area (TPSA) is 74.2 Å². The van der Waals surface area contributed by atoms with Gasteiger partial charge in [0.15, 0.2) is 0 Å². The van der Waals surface area contributed by atoms with Crippen molar-refractivity contribution in [2.75, 3.05) is 34.8 Å². The molecule has 2 N–H and O–H groups in total. The Morgan fingerprint density at radius 3 is 2.52 bits per heavy atom. The quantitative estimate of drug-likeness (QED) is 0.841. The van der Waals surface area contributed by atoms with Crippen LogP contribution in [0.5, 0.6) is 5.75 Å². The van der Waals surface area contributed by atoms with Crippen molar-refractivity contribution in [3.05, 3.63) is 29.5 Å². The second-order valence-corrected chi connectivity index (χ2v) is 6.06. The lowest BCUT2D eigenvalue weighted by atomic mass is 10.3. The van der Waals surface area contributed by atoms with Crippen LogP contribution in [0.25, 0.3) is 0 Å². The highest BCUT2D eigenvalue weighted by Crippen LogP contribution is 2.21. The SMILES string of the molecule is Oc1ccc(Nc2nc(Cl)nc(N3CCSCC3)n2)cc1. The Hall–Kier alpha value is -1.73. The molecule has 2 heterocycles. The molecule has 0 bridgehead atoms. The molecule has 6 nitrogen and oxygen atoms in total. The summed E-state index contributed by atoms with van der Waals surface area (Å²) in [4.78, 5) is 14.8. The molecule has 1 saturated heterocycles. The zero-order valence-electron chi connectivity index (χ0n) is 11.2. The fourth-order valence-corrected chi connectivity index (χ4v) is 3.03. The first-order valence-electron chi connectivity index (χ1n) is 6.51. The first kappa shape index (κ1) is 14.2. The second-order valence-electron chi connectivity index (χ2n) is 4.50. The number of anilines is 3. The third-order valence-corrected chi connectivity index (χ3v) is 4.13. The molecule has 2 aromatic rings. The van der Waals surface area contributed by atoms with Crippen molar-refractivity contribution < 1.29 is 5.11 Å². The van der Waals surface area contributed by atoms with E-state index < -0.39 is 0 Å². The fraction of sp³-hybridized carbons (Fsp3) is 0.308. The lowest BCUT2D eigenvalue weighted by Gasteiger charge is -2.26. The second kappa shape index (κ2) is 6.36. The number of nitrogens with zero attached hydrogens (tertiary/aromatic N) is 4. The van der Waals surface area contributed by atoms with Crippen LogP contribution in [0.4, 0.5) is 17.6 Å². The van der Waals surface area contributed by atoms with Gasteiger partial charge in [-0.1, -0.05) is 0 Å². The van der Waals surface area contributed by atoms with E-state index in [1.54, 1.807) is 24.3 Å². The molecule has 0 saturated carbocycles. The minimum absolute atomic E-state index is 0.166. The third-order valence-electron chi connectivity index (χ3n) is 3.01. The van der Waals surface area contributed by atoms with E-state index in [0.717, 1.165) is 30.3 Å². The van der Waals surface area contributed by atoms with Gasteiger partial charge in [-0.2, -0.15) is 26.7 Å². The predicted molar refractivity (Wildman–Crippen MR) is 85.8 cm³/mol. The molecule has 1 aromatic heterocycles. The summed E-state index contributed by atoms with van der Waals surface area (Å²) in [6.45, 7) is 1.81. The Morgan fingerprint density at radius 2 is 1.81 bits per heavy atom. The minimum atomic E-state index is 0.166. The number of aromatic hydroxyl groups is 1. The predicted octanol–water partition coefficient (Wildman–Crippen LogP) is 2.53. The zero-order valence-corrected chi connectivity index (χ0v) is 12.7. The molecule has 0 unspecified atom stereocenters. The fourth-order valence-electron chi connectivity index (χ4n) is 1.97. The van der Waals surface area contributed by atoms with Crippen molar-refractivity contribution in [2.45, 2.75) is 0 Å². The molecular formula is C13H14ClN5OS. The average molecular weight is 324 g/mol. The largest absolute Gasteiger partial charge is 0.508 e. The molecule has 0 spiro atoms. The monoisotopic (exact) mass is 323 g/mol. The van der Waals surface area contributed by atoms with Crippen molar-refractivity contribution in [3.8, 4) is 5.75 Å². The van der Waals surface area contributed by atoms with Gasteiger partial charge < -0.3 is 15.3 Å². The summed E-state index contributed by atoms with van der Waals surface area (Å²) in [5.41, 5.74) is 0.773. The van der Waals surface area contributed by atoms with Crippen molar-refractivity contribution in [1.29, 1.82) is 0 Å². The Morgan fingerprint density at radius 1 is 1.10 bits per heavy atom. The van der Waals surface area contributed by atoms with Crippen LogP contribution < -0.4 is 10.2 Å². The van der Waals surface area contributed by atoms with Crippen LogP contribution >= 0.6 is 23.4 Å². The standard InChI is InChI=1S/C13H14ClN5OS/c14-11-16-12(15-9-1-3-10(20)4-2-9)18-13(17-11)19-5-7-21-8-6-19/h1-4,20H,5-8H2,(H,15,16,17,18). The molecule has 110 valence electrons. The van der Waals surface area contributed by atoms with Crippen LogP contribution in [0.2, 0.25) is 5.28 Å². The maximum atomic E-state index is 9.28. The van der Waals surface area contributed by atoms with Crippen LogP contribution in [-0.2, 0) is 0 Å². The highest BCUT2D eigenvalue weighted by Gasteiger charge is 2.16. The Bertz CT molecular complexity index is 618. The summed E-state index contributed by atoms with van der Waals surface area (Å²) in [5, 5.41) is 12.5. The molecule has 1 aliphatic heterocycles. The van der Waals surface area contributed by atoms with E-state index in [1.165, 1.54) is 0 Å². The summed E-state index contributed by atoms with van der Waals surface area (Å²) in [7, 11) is 0. The lowest BCUT2D eigenvalue weighted by Crippen LogP contribution is -2.34. The Kier molecular flexibility index (Phi) is 4.31. The first-order chi connectivity index (χ1) is 10.2. The van der Waals surface area contributed by atoms with Crippen LogP contribution in [0.3, 0.4) is 0 Å². The number of rotatable bonds is 3. The van der Waals surface area contributed by atoms with E-state index in [2.05, 4.69) is 25.2 Å². The van der Waals surface area contributed by atoms with Gasteiger partial charge in [0.2, 0.25) is 17.2 Å². The number of aromatic nitrogens is 3. The van der Waals surface area contributed by atoms with Gasteiger partial charge in [0, 0.05) is 30.3 Å². The smallest absolute Gasteiger partial charge is 0.233 e. The number of halogens is 1. The summed E-state index contributed by atoms with van der Waals surface area (Å²) in [5.74, 6) is 3.32. The van der Waals surface area contributed by atoms with E-state index in [4.69, 9.17) is 11.6 Å². The Balaban J connectivity index is 1.81.